The summed E-state index contributed by atoms with van der Waals surface area (Å²) in [6, 6.07) is 20.3. The maximum atomic E-state index is 13.8. The lowest BCUT2D eigenvalue weighted by Crippen LogP contribution is -2.39. The molecule has 1 aromatic heterocycles. The van der Waals surface area contributed by atoms with E-state index in [0.717, 1.165) is 28.1 Å². The Balaban J connectivity index is 1.80. The smallest absolute Gasteiger partial charge is 0.266 e. The standard InChI is InChI=1S/C31H35N3O4/c1-21-11-14-25(19-22(21)2)34-30(32-28-10-7-6-9-27(28)31(34)36)23(3)33(17-8-18-37-4)29(35)20-24-12-15-26(38-5)16-13-24/h6-7,9-16,19,23H,8,17-18,20H2,1-5H3. The molecule has 1 unspecified atom stereocenters. The highest BCUT2D eigenvalue weighted by molar-refractivity contribution is 5.80. The molecule has 0 saturated carbocycles. The van der Waals surface area contributed by atoms with Gasteiger partial charge >= 0.3 is 0 Å². The first-order valence-electron chi connectivity index (χ1n) is 12.8. The third-order valence-electron chi connectivity index (χ3n) is 6.97. The second-order valence-corrected chi connectivity index (χ2v) is 9.53. The van der Waals surface area contributed by atoms with Crippen LogP contribution in [0.5, 0.6) is 5.75 Å². The predicted molar refractivity (Wildman–Crippen MR) is 150 cm³/mol. The van der Waals surface area contributed by atoms with E-state index in [-0.39, 0.29) is 17.9 Å². The van der Waals surface area contributed by atoms with Gasteiger partial charge in [0, 0.05) is 20.3 Å². The summed E-state index contributed by atoms with van der Waals surface area (Å²) >= 11 is 0. The normalized spacial score (nSPS) is 11.9. The van der Waals surface area contributed by atoms with Crippen molar-refractivity contribution in [1.29, 1.82) is 0 Å². The quantitative estimate of drug-likeness (QED) is 0.273. The lowest BCUT2D eigenvalue weighted by atomic mass is 10.1. The molecule has 198 valence electrons. The average Bonchev–Trinajstić information content (AvgIpc) is 2.93. The lowest BCUT2D eigenvalue weighted by Gasteiger charge is -2.31. The number of carbonyl (C=O) groups is 1. The molecule has 4 aromatic rings. The molecule has 1 atom stereocenters. The molecule has 0 aliphatic rings. The van der Waals surface area contributed by atoms with Crippen molar-refractivity contribution in [2.24, 2.45) is 0 Å². The van der Waals surface area contributed by atoms with E-state index < -0.39 is 6.04 Å². The monoisotopic (exact) mass is 513 g/mol. The van der Waals surface area contributed by atoms with Gasteiger partial charge in [0.15, 0.2) is 0 Å². The van der Waals surface area contributed by atoms with Gasteiger partial charge in [0.25, 0.3) is 5.56 Å². The van der Waals surface area contributed by atoms with Crippen molar-refractivity contribution in [3.8, 4) is 11.4 Å². The molecule has 7 nitrogen and oxygen atoms in total. The molecule has 0 fully saturated rings. The number of hydrogen-bond acceptors (Lipinski definition) is 5. The van der Waals surface area contributed by atoms with E-state index in [4.69, 9.17) is 14.5 Å². The van der Waals surface area contributed by atoms with E-state index >= 15 is 0 Å². The maximum Gasteiger partial charge on any atom is 0.266 e. The summed E-state index contributed by atoms with van der Waals surface area (Å²) in [6.45, 7) is 7.00. The molecule has 0 saturated heterocycles. The Morgan fingerprint density at radius 2 is 1.74 bits per heavy atom. The van der Waals surface area contributed by atoms with Gasteiger partial charge in [0.05, 0.1) is 36.2 Å². The third-order valence-corrected chi connectivity index (χ3v) is 6.97. The van der Waals surface area contributed by atoms with Crippen LogP contribution in [0.1, 0.15) is 41.9 Å². The molecule has 38 heavy (non-hydrogen) atoms. The van der Waals surface area contributed by atoms with Gasteiger partial charge in [-0.1, -0.05) is 30.3 Å². The molecular formula is C31H35N3O4. The van der Waals surface area contributed by atoms with E-state index in [1.807, 2.05) is 81.4 Å². The highest BCUT2D eigenvalue weighted by atomic mass is 16.5. The molecule has 0 spiro atoms. The van der Waals surface area contributed by atoms with Crippen LogP contribution in [-0.2, 0) is 16.0 Å². The Morgan fingerprint density at radius 1 is 1.00 bits per heavy atom. The van der Waals surface area contributed by atoms with Crippen LogP contribution in [-0.4, -0.2) is 47.7 Å². The van der Waals surface area contributed by atoms with Gasteiger partial charge in [0.2, 0.25) is 5.91 Å². The maximum absolute atomic E-state index is 13.8. The van der Waals surface area contributed by atoms with Crippen molar-refractivity contribution in [3.63, 3.8) is 0 Å². The number of methoxy groups -OCH3 is 2. The van der Waals surface area contributed by atoms with Crippen LogP contribution in [0.25, 0.3) is 16.6 Å². The Kier molecular flexibility index (Phi) is 8.59. The summed E-state index contributed by atoms with van der Waals surface area (Å²) in [4.78, 5) is 34.3. The van der Waals surface area contributed by atoms with Gasteiger partial charge in [-0.25, -0.2) is 4.98 Å². The minimum atomic E-state index is -0.462. The molecule has 7 heteroatoms. The fourth-order valence-corrected chi connectivity index (χ4v) is 4.62. The Morgan fingerprint density at radius 3 is 2.42 bits per heavy atom. The first-order chi connectivity index (χ1) is 18.3. The van der Waals surface area contributed by atoms with Crippen LogP contribution in [0, 0.1) is 13.8 Å². The minimum Gasteiger partial charge on any atom is -0.497 e. The Hall–Kier alpha value is -3.97. The van der Waals surface area contributed by atoms with Crippen LogP contribution in [0.15, 0.2) is 71.5 Å². The van der Waals surface area contributed by atoms with Crippen molar-refractivity contribution in [2.75, 3.05) is 27.4 Å². The van der Waals surface area contributed by atoms with Gasteiger partial charge in [-0.3, -0.25) is 14.2 Å². The lowest BCUT2D eigenvalue weighted by molar-refractivity contribution is -0.133. The number of nitrogens with zero attached hydrogens (tertiary/aromatic N) is 3. The van der Waals surface area contributed by atoms with Crippen molar-refractivity contribution in [2.45, 2.75) is 39.7 Å². The summed E-state index contributed by atoms with van der Waals surface area (Å²) < 4.78 is 12.2. The van der Waals surface area contributed by atoms with E-state index in [1.54, 1.807) is 29.8 Å². The highest BCUT2D eigenvalue weighted by Gasteiger charge is 2.27. The number of aromatic nitrogens is 2. The largest absolute Gasteiger partial charge is 0.497 e. The fourth-order valence-electron chi connectivity index (χ4n) is 4.62. The molecule has 0 bridgehead atoms. The first kappa shape index (κ1) is 27.1. The van der Waals surface area contributed by atoms with Crippen LogP contribution in [0.4, 0.5) is 0 Å². The Labute approximate surface area is 223 Å². The van der Waals surface area contributed by atoms with Gasteiger partial charge < -0.3 is 14.4 Å². The van der Waals surface area contributed by atoms with Crippen molar-refractivity contribution >= 4 is 16.8 Å². The van der Waals surface area contributed by atoms with E-state index in [1.165, 1.54) is 0 Å². The molecule has 3 aromatic carbocycles. The van der Waals surface area contributed by atoms with Crippen molar-refractivity contribution in [3.05, 3.63) is 99.6 Å². The second kappa shape index (κ2) is 12.0. The number of carbonyl (C=O) groups excluding carboxylic acids is 1. The molecule has 4 rings (SSSR count). The van der Waals surface area contributed by atoms with Crippen molar-refractivity contribution in [1.82, 2.24) is 14.5 Å². The van der Waals surface area contributed by atoms with Crippen LogP contribution in [0.3, 0.4) is 0 Å². The van der Waals surface area contributed by atoms with Crippen LogP contribution in [0.2, 0.25) is 0 Å². The van der Waals surface area contributed by atoms with E-state index in [9.17, 15) is 9.59 Å². The zero-order valence-corrected chi connectivity index (χ0v) is 22.7. The SMILES string of the molecule is COCCCN(C(=O)Cc1ccc(OC)cc1)C(C)c1nc2ccccc2c(=O)n1-c1ccc(C)c(C)c1. The summed E-state index contributed by atoms with van der Waals surface area (Å²) in [5, 5.41) is 0.539. The zero-order valence-electron chi connectivity index (χ0n) is 22.7. The number of aryl methyl sites for hydroxylation is 2. The van der Waals surface area contributed by atoms with E-state index in [0.29, 0.717) is 36.3 Å². The molecule has 0 N–H and O–H groups in total. The number of para-hydroxylation sites is 1. The number of rotatable bonds is 10. The van der Waals surface area contributed by atoms with Crippen LogP contribution >= 0.6 is 0 Å². The highest BCUT2D eigenvalue weighted by Crippen LogP contribution is 2.25. The molecular weight excluding hydrogens is 478 g/mol. The minimum absolute atomic E-state index is 0.0483. The number of amides is 1. The van der Waals surface area contributed by atoms with E-state index in [2.05, 4.69) is 0 Å². The summed E-state index contributed by atoms with van der Waals surface area (Å²) in [7, 11) is 3.26. The average molecular weight is 514 g/mol. The molecule has 0 aliphatic carbocycles. The summed E-state index contributed by atoms with van der Waals surface area (Å²) in [5.41, 5.74) is 4.30. The molecule has 0 aliphatic heterocycles. The summed E-state index contributed by atoms with van der Waals surface area (Å²) in [6.07, 6.45) is 0.888. The van der Waals surface area contributed by atoms with Gasteiger partial charge in [-0.2, -0.15) is 0 Å². The number of ether oxygens (including phenoxy) is 2. The van der Waals surface area contributed by atoms with Gasteiger partial charge in [0.1, 0.15) is 11.6 Å². The molecule has 1 amide bonds. The third kappa shape index (κ3) is 5.78. The predicted octanol–water partition coefficient (Wildman–Crippen LogP) is 5.18. The van der Waals surface area contributed by atoms with Gasteiger partial charge in [-0.15, -0.1) is 0 Å². The van der Waals surface area contributed by atoms with Gasteiger partial charge in [-0.05, 0) is 80.3 Å². The zero-order chi connectivity index (χ0) is 27.2. The molecule has 1 heterocycles. The number of fused-ring (bicyclic) bond motifs is 1. The Bertz CT molecular complexity index is 1480. The number of benzene rings is 3. The molecule has 0 radical (unpaired) electrons. The second-order valence-electron chi connectivity index (χ2n) is 9.53. The van der Waals surface area contributed by atoms with Crippen molar-refractivity contribution < 1.29 is 14.3 Å². The fraction of sp³-hybridized carbons (Fsp3) is 0.323. The number of hydrogen-bond donors (Lipinski definition) is 0. The first-order valence-corrected chi connectivity index (χ1v) is 12.8. The summed E-state index contributed by atoms with van der Waals surface area (Å²) in [5.74, 6) is 1.22. The topological polar surface area (TPSA) is 73.7 Å². The van der Waals surface area contributed by atoms with Crippen LogP contribution < -0.4 is 10.3 Å².